The van der Waals surface area contributed by atoms with Gasteiger partial charge in [0.1, 0.15) is 5.82 Å². The highest BCUT2D eigenvalue weighted by Crippen LogP contribution is 2.28. The monoisotopic (exact) mass is 148 g/mol. The van der Waals surface area contributed by atoms with Gasteiger partial charge in [-0.25, -0.2) is 4.39 Å². The van der Waals surface area contributed by atoms with Crippen molar-refractivity contribution in [1.29, 1.82) is 0 Å². The summed E-state index contributed by atoms with van der Waals surface area (Å²) in [6.45, 7) is 2.02. The molecule has 56 valence electrons. The maximum absolute atomic E-state index is 13.0. The number of hydrogen-bond acceptors (Lipinski definition) is 0. The molecule has 1 aromatic carbocycles. The highest BCUT2D eigenvalue weighted by atomic mass is 19.1. The third kappa shape index (κ3) is 0.881. The van der Waals surface area contributed by atoms with Gasteiger partial charge in [-0.3, -0.25) is 0 Å². The van der Waals surface area contributed by atoms with Crippen LogP contribution in [0, 0.1) is 5.82 Å². The van der Waals surface area contributed by atoms with Gasteiger partial charge in [0.05, 0.1) is 0 Å². The second-order valence-electron chi connectivity index (χ2n) is 2.86. The normalized spacial score (nSPS) is 14.5. The van der Waals surface area contributed by atoms with E-state index in [1.807, 2.05) is 13.0 Å². The van der Waals surface area contributed by atoms with E-state index in [1.54, 1.807) is 6.07 Å². The molecule has 1 aliphatic carbocycles. The highest BCUT2D eigenvalue weighted by Gasteiger charge is 2.13. The molecule has 0 amide bonds. The second-order valence-corrected chi connectivity index (χ2v) is 2.86. The van der Waals surface area contributed by atoms with Gasteiger partial charge in [0.15, 0.2) is 0 Å². The summed E-state index contributed by atoms with van der Waals surface area (Å²) in [4.78, 5) is 0. The molecule has 0 bridgehead atoms. The lowest BCUT2D eigenvalue weighted by molar-refractivity contribution is 0.615. The van der Waals surface area contributed by atoms with E-state index >= 15 is 0 Å². The van der Waals surface area contributed by atoms with Crippen LogP contribution < -0.4 is 0 Å². The Balaban J connectivity index is 2.64. The Bertz CT molecular complexity index is 324. The Morgan fingerprint density at radius 2 is 2.18 bits per heavy atom. The van der Waals surface area contributed by atoms with Gasteiger partial charge in [0, 0.05) is 0 Å². The Morgan fingerprint density at radius 3 is 2.91 bits per heavy atom. The van der Waals surface area contributed by atoms with Crippen molar-refractivity contribution >= 4 is 5.57 Å². The van der Waals surface area contributed by atoms with E-state index in [1.165, 1.54) is 11.6 Å². The minimum atomic E-state index is -0.0735. The molecule has 0 nitrogen and oxygen atoms in total. The zero-order valence-corrected chi connectivity index (χ0v) is 6.39. The fraction of sp³-hybridized carbons (Fsp3) is 0.200. The molecular formula is C10H9F. The highest BCUT2D eigenvalue weighted by molar-refractivity contribution is 5.71. The topological polar surface area (TPSA) is 0 Å². The molecule has 0 unspecified atom stereocenters. The molecule has 0 aliphatic heterocycles. The summed E-state index contributed by atoms with van der Waals surface area (Å²) in [6.07, 6.45) is 2.82. The summed E-state index contributed by atoms with van der Waals surface area (Å²) >= 11 is 0. The van der Waals surface area contributed by atoms with Crippen LogP contribution in [0.2, 0.25) is 0 Å². The van der Waals surface area contributed by atoms with Crippen molar-refractivity contribution in [2.45, 2.75) is 13.3 Å². The van der Waals surface area contributed by atoms with Gasteiger partial charge in [-0.2, -0.15) is 0 Å². The maximum Gasteiger partial charge on any atom is 0.127 e. The molecule has 0 saturated heterocycles. The molecular weight excluding hydrogens is 139 g/mol. The van der Waals surface area contributed by atoms with Crippen molar-refractivity contribution in [3.63, 3.8) is 0 Å². The third-order valence-corrected chi connectivity index (χ3v) is 2.16. The first-order chi connectivity index (χ1) is 5.29. The van der Waals surface area contributed by atoms with Crippen LogP contribution in [0.25, 0.3) is 5.57 Å². The van der Waals surface area contributed by atoms with Crippen LogP contribution in [0.3, 0.4) is 0 Å². The summed E-state index contributed by atoms with van der Waals surface area (Å²) in [7, 11) is 0. The van der Waals surface area contributed by atoms with Crippen LogP contribution in [0.4, 0.5) is 4.39 Å². The molecule has 0 aromatic heterocycles. The largest absolute Gasteiger partial charge is 0.207 e. The molecule has 2 rings (SSSR count). The maximum atomic E-state index is 13.0. The van der Waals surface area contributed by atoms with Gasteiger partial charge in [0.25, 0.3) is 0 Å². The number of allylic oxidation sites excluding steroid dienone is 2. The zero-order chi connectivity index (χ0) is 7.84. The first-order valence-corrected chi connectivity index (χ1v) is 3.73. The molecule has 11 heavy (non-hydrogen) atoms. The lowest BCUT2D eigenvalue weighted by Crippen LogP contribution is -1.87. The fourth-order valence-electron chi connectivity index (χ4n) is 1.50. The summed E-state index contributed by atoms with van der Waals surface area (Å²) in [5.74, 6) is -0.0735. The van der Waals surface area contributed by atoms with E-state index in [9.17, 15) is 4.39 Å². The number of benzene rings is 1. The number of rotatable bonds is 0. The van der Waals surface area contributed by atoms with Crippen molar-refractivity contribution in [2.75, 3.05) is 0 Å². The van der Waals surface area contributed by atoms with Gasteiger partial charge in [-0.15, -0.1) is 0 Å². The number of hydrogen-bond donors (Lipinski definition) is 0. The molecule has 0 radical (unpaired) electrons. The minimum Gasteiger partial charge on any atom is -0.207 e. The third-order valence-electron chi connectivity index (χ3n) is 2.16. The predicted molar refractivity (Wildman–Crippen MR) is 43.8 cm³/mol. The minimum absolute atomic E-state index is 0.0735. The van der Waals surface area contributed by atoms with Crippen molar-refractivity contribution in [3.8, 4) is 0 Å². The van der Waals surface area contributed by atoms with Crippen LogP contribution in [-0.4, -0.2) is 0 Å². The molecule has 1 heteroatoms. The molecule has 1 aromatic rings. The molecule has 0 fully saturated rings. The van der Waals surface area contributed by atoms with Crippen molar-refractivity contribution < 1.29 is 4.39 Å². The van der Waals surface area contributed by atoms with Crippen LogP contribution in [0.15, 0.2) is 24.3 Å². The first kappa shape index (κ1) is 6.59. The molecule has 0 heterocycles. The lowest BCUT2D eigenvalue weighted by atomic mass is 10.1. The zero-order valence-electron chi connectivity index (χ0n) is 6.39. The second kappa shape index (κ2) is 2.19. The Hall–Kier alpha value is -1.11. The molecule has 0 spiro atoms. The molecule has 0 atom stereocenters. The van der Waals surface area contributed by atoms with Gasteiger partial charge in [-0.1, -0.05) is 18.2 Å². The van der Waals surface area contributed by atoms with Crippen LogP contribution in [-0.2, 0) is 6.42 Å². The quantitative estimate of drug-likeness (QED) is 0.530. The SMILES string of the molecule is CC1=CCc2c(F)cccc21. The molecule has 0 N–H and O–H groups in total. The van der Waals surface area contributed by atoms with Crippen molar-refractivity contribution in [3.05, 3.63) is 41.2 Å². The van der Waals surface area contributed by atoms with Crippen molar-refractivity contribution in [2.24, 2.45) is 0 Å². The van der Waals surface area contributed by atoms with Crippen LogP contribution in [0.1, 0.15) is 18.1 Å². The van der Waals surface area contributed by atoms with E-state index in [0.29, 0.717) is 0 Å². The van der Waals surface area contributed by atoms with Gasteiger partial charge < -0.3 is 0 Å². The Morgan fingerprint density at radius 1 is 1.36 bits per heavy atom. The van der Waals surface area contributed by atoms with Gasteiger partial charge in [-0.05, 0) is 36.1 Å². The molecule has 1 aliphatic rings. The fourth-order valence-corrected chi connectivity index (χ4v) is 1.50. The lowest BCUT2D eigenvalue weighted by Gasteiger charge is -2.00. The van der Waals surface area contributed by atoms with E-state index in [4.69, 9.17) is 0 Å². The summed E-state index contributed by atoms with van der Waals surface area (Å²) in [6, 6.07) is 5.25. The number of halogens is 1. The first-order valence-electron chi connectivity index (χ1n) is 3.73. The van der Waals surface area contributed by atoms with E-state index in [2.05, 4.69) is 6.08 Å². The smallest absolute Gasteiger partial charge is 0.127 e. The van der Waals surface area contributed by atoms with Gasteiger partial charge in [0.2, 0.25) is 0 Å². The van der Waals surface area contributed by atoms with Crippen LogP contribution in [0.5, 0.6) is 0 Å². The Labute approximate surface area is 65.4 Å². The van der Waals surface area contributed by atoms with E-state index in [-0.39, 0.29) is 5.82 Å². The van der Waals surface area contributed by atoms with Crippen LogP contribution >= 0.6 is 0 Å². The average molecular weight is 148 g/mol. The summed E-state index contributed by atoms with van der Waals surface area (Å²) in [5.41, 5.74) is 3.12. The standard InChI is InChI=1S/C10H9F/c1-7-5-6-9-8(7)3-2-4-10(9)11/h2-5H,6H2,1H3. The van der Waals surface area contributed by atoms with E-state index < -0.39 is 0 Å². The summed E-state index contributed by atoms with van der Waals surface area (Å²) < 4.78 is 13.0. The number of fused-ring (bicyclic) bond motifs is 1. The van der Waals surface area contributed by atoms with E-state index in [0.717, 1.165) is 17.5 Å². The Kier molecular flexibility index (Phi) is 1.31. The predicted octanol–water partition coefficient (Wildman–Crippen LogP) is 2.79. The van der Waals surface area contributed by atoms with Crippen molar-refractivity contribution in [1.82, 2.24) is 0 Å². The molecule has 0 saturated carbocycles. The van der Waals surface area contributed by atoms with Gasteiger partial charge >= 0.3 is 0 Å². The summed E-state index contributed by atoms with van der Waals surface area (Å²) in [5, 5.41) is 0. The average Bonchev–Trinajstić information content (AvgIpc) is 2.35.